The van der Waals surface area contributed by atoms with Crippen molar-refractivity contribution in [2.45, 2.75) is 19.6 Å². The van der Waals surface area contributed by atoms with Gasteiger partial charge < -0.3 is 15.6 Å². The number of nitrogens with two attached hydrogens (primary N) is 1. The maximum Gasteiger partial charge on any atom is 0.166 e. The average Bonchev–Trinajstić information content (AvgIpc) is 2.41. The minimum Gasteiger partial charge on any atom is -0.454 e. The van der Waals surface area contributed by atoms with Gasteiger partial charge in [-0.25, -0.2) is 4.39 Å². The van der Waals surface area contributed by atoms with Gasteiger partial charge in [0.15, 0.2) is 11.6 Å². The van der Waals surface area contributed by atoms with Crippen molar-refractivity contribution < 1.29 is 14.2 Å². The van der Waals surface area contributed by atoms with E-state index in [0.29, 0.717) is 16.9 Å². The summed E-state index contributed by atoms with van der Waals surface area (Å²) < 4.78 is 19.3. The first-order valence-corrected chi connectivity index (χ1v) is 6.03. The van der Waals surface area contributed by atoms with Gasteiger partial charge in [0, 0.05) is 6.04 Å². The van der Waals surface area contributed by atoms with Crippen LogP contribution in [0.4, 0.5) is 4.39 Å². The summed E-state index contributed by atoms with van der Waals surface area (Å²) in [5.41, 5.74) is 7.12. The van der Waals surface area contributed by atoms with E-state index in [1.807, 2.05) is 0 Å². The molecule has 3 N–H and O–H groups in total. The van der Waals surface area contributed by atoms with Gasteiger partial charge in [0.1, 0.15) is 5.75 Å². The lowest BCUT2D eigenvalue weighted by Crippen LogP contribution is -2.05. The van der Waals surface area contributed by atoms with Gasteiger partial charge in [-0.15, -0.1) is 0 Å². The van der Waals surface area contributed by atoms with Crippen LogP contribution in [0.2, 0.25) is 0 Å². The Bertz CT molecular complexity index is 570. The summed E-state index contributed by atoms with van der Waals surface area (Å²) in [6, 6.07) is 11.3. The predicted octanol–water partition coefficient (Wildman–Crippen LogP) is 3.13. The van der Waals surface area contributed by atoms with Gasteiger partial charge in [0.2, 0.25) is 0 Å². The number of hydrogen-bond acceptors (Lipinski definition) is 3. The van der Waals surface area contributed by atoms with E-state index in [-0.39, 0.29) is 18.4 Å². The van der Waals surface area contributed by atoms with Crippen molar-refractivity contribution in [2.24, 2.45) is 5.73 Å². The molecule has 0 spiro atoms. The van der Waals surface area contributed by atoms with Crippen molar-refractivity contribution in [3.05, 3.63) is 59.4 Å². The van der Waals surface area contributed by atoms with Crippen molar-refractivity contribution in [3.8, 4) is 11.5 Å². The largest absolute Gasteiger partial charge is 0.454 e. The van der Waals surface area contributed by atoms with Crippen LogP contribution in [0.5, 0.6) is 11.5 Å². The van der Waals surface area contributed by atoms with Gasteiger partial charge in [-0.3, -0.25) is 0 Å². The van der Waals surface area contributed by atoms with E-state index in [1.165, 1.54) is 6.07 Å². The van der Waals surface area contributed by atoms with Crippen molar-refractivity contribution in [1.82, 2.24) is 0 Å². The quantitative estimate of drug-likeness (QED) is 0.889. The molecule has 4 heteroatoms. The van der Waals surface area contributed by atoms with E-state index in [1.54, 1.807) is 43.3 Å². The third-order valence-corrected chi connectivity index (χ3v) is 2.79. The van der Waals surface area contributed by atoms with E-state index in [9.17, 15) is 4.39 Å². The molecule has 0 saturated carbocycles. The van der Waals surface area contributed by atoms with E-state index in [2.05, 4.69) is 0 Å². The molecule has 2 aromatic rings. The molecule has 100 valence electrons. The molecule has 0 saturated heterocycles. The zero-order chi connectivity index (χ0) is 13.8. The number of hydrogen-bond donors (Lipinski definition) is 2. The molecule has 0 radical (unpaired) electrons. The zero-order valence-corrected chi connectivity index (χ0v) is 10.6. The number of halogens is 1. The maximum atomic E-state index is 13.8. The molecule has 0 aliphatic rings. The summed E-state index contributed by atoms with van der Waals surface area (Å²) in [5.74, 6) is 0.169. The lowest BCUT2D eigenvalue weighted by atomic mass is 10.1. The first kappa shape index (κ1) is 13.5. The topological polar surface area (TPSA) is 55.5 Å². The van der Waals surface area contributed by atoms with Crippen LogP contribution in [0.15, 0.2) is 42.5 Å². The maximum absolute atomic E-state index is 13.8. The molecule has 0 fully saturated rings. The molecular formula is C15H16FNO2. The van der Waals surface area contributed by atoms with Gasteiger partial charge in [-0.05, 0) is 42.3 Å². The van der Waals surface area contributed by atoms with Crippen molar-refractivity contribution in [1.29, 1.82) is 0 Å². The minimum absolute atomic E-state index is 0.0801. The van der Waals surface area contributed by atoms with E-state index >= 15 is 0 Å². The van der Waals surface area contributed by atoms with Crippen molar-refractivity contribution in [3.63, 3.8) is 0 Å². The van der Waals surface area contributed by atoms with Gasteiger partial charge in [-0.2, -0.15) is 0 Å². The molecule has 1 unspecified atom stereocenters. The highest BCUT2D eigenvalue weighted by Crippen LogP contribution is 2.27. The van der Waals surface area contributed by atoms with Crippen LogP contribution in [0.25, 0.3) is 0 Å². The molecule has 19 heavy (non-hydrogen) atoms. The Hall–Kier alpha value is -1.91. The van der Waals surface area contributed by atoms with E-state index < -0.39 is 5.82 Å². The fraction of sp³-hybridized carbons (Fsp3) is 0.200. The second-order valence-corrected chi connectivity index (χ2v) is 4.39. The number of rotatable bonds is 4. The SMILES string of the molecule is CC(N)c1ccc(Oc2cccc(CO)c2)c(F)c1. The molecule has 3 nitrogen and oxygen atoms in total. The molecule has 0 heterocycles. The second-order valence-electron chi connectivity index (χ2n) is 4.39. The van der Waals surface area contributed by atoms with Crippen molar-refractivity contribution >= 4 is 0 Å². The Kier molecular flexibility index (Phi) is 4.14. The number of aliphatic hydroxyl groups is 1. The summed E-state index contributed by atoms with van der Waals surface area (Å²) in [5, 5.41) is 9.04. The summed E-state index contributed by atoms with van der Waals surface area (Å²) >= 11 is 0. The molecular weight excluding hydrogens is 245 g/mol. The van der Waals surface area contributed by atoms with Crippen molar-refractivity contribution in [2.75, 3.05) is 0 Å². The number of benzene rings is 2. The Morgan fingerprint density at radius 3 is 2.68 bits per heavy atom. The molecule has 0 aromatic heterocycles. The number of aliphatic hydroxyl groups excluding tert-OH is 1. The van der Waals surface area contributed by atoms with Crippen LogP contribution in [-0.2, 0) is 6.61 Å². The summed E-state index contributed by atoms with van der Waals surface area (Å²) in [6.45, 7) is 1.71. The third-order valence-electron chi connectivity index (χ3n) is 2.79. The Morgan fingerprint density at radius 1 is 1.26 bits per heavy atom. The molecule has 2 aromatic carbocycles. The number of ether oxygens (including phenoxy) is 1. The van der Waals surface area contributed by atoms with Crippen LogP contribution < -0.4 is 10.5 Å². The van der Waals surface area contributed by atoms with Gasteiger partial charge >= 0.3 is 0 Å². The predicted molar refractivity (Wildman–Crippen MR) is 71.4 cm³/mol. The molecule has 2 rings (SSSR count). The Morgan fingerprint density at radius 2 is 2.05 bits per heavy atom. The van der Waals surface area contributed by atoms with E-state index in [4.69, 9.17) is 15.6 Å². The second kappa shape index (κ2) is 5.82. The standard InChI is InChI=1S/C15H16FNO2/c1-10(17)12-5-6-15(14(16)8-12)19-13-4-2-3-11(7-13)9-18/h2-8,10,18H,9,17H2,1H3. The first-order valence-electron chi connectivity index (χ1n) is 6.03. The lowest BCUT2D eigenvalue weighted by molar-refractivity contribution is 0.281. The fourth-order valence-electron chi connectivity index (χ4n) is 1.72. The first-order chi connectivity index (χ1) is 9.10. The molecule has 0 aliphatic carbocycles. The minimum atomic E-state index is -0.454. The highest BCUT2D eigenvalue weighted by atomic mass is 19.1. The smallest absolute Gasteiger partial charge is 0.166 e. The summed E-state index contributed by atoms with van der Waals surface area (Å²) in [7, 11) is 0. The van der Waals surface area contributed by atoms with Crippen LogP contribution in [0.3, 0.4) is 0 Å². The summed E-state index contributed by atoms with van der Waals surface area (Å²) in [6.07, 6.45) is 0. The van der Waals surface area contributed by atoms with E-state index in [0.717, 1.165) is 0 Å². The van der Waals surface area contributed by atoms with Crippen LogP contribution >= 0.6 is 0 Å². The molecule has 0 bridgehead atoms. The monoisotopic (exact) mass is 261 g/mol. The molecule has 1 atom stereocenters. The Balaban J connectivity index is 2.23. The van der Waals surface area contributed by atoms with Crippen LogP contribution in [-0.4, -0.2) is 5.11 Å². The van der Waals surface area contributed by atoms with Crippen LogP contribution in [0.1, 0.15) is 24.1 Å². The highest BCUT2D eigenvalue weighted by Gasteiger charge is 2.08. The van der Waals surface area contributed by atoms with Gasteiger partial charge in [-0.1, -0.05) is 18.2 Å². The lowest BCUT2D eigenvalue weighted by Gasteiger charge is -2.10. The van der Waals surface area contributed by atoms with Gasteiger partial charge in [0.25, 0.3) is 0 Å². The summed E-state index contributed by atoms with van der Waals surface area (Å²) in [4.78, 5) is 0. The molecule has 0 aliphatic heterocycles. The zero-order valence-electron chi connectivity index (χ0n) is 10.6. The normalized spacial score (nSPS) is 12.2. The van der Waals surface area contributed by atoms with Crippen LogP contribution in [0, 0.1) is 5.82 Å². The fourth-order valence-corrected chi connectivity index (χ4v) is 1.72. The average molecular weight is 261 g/mol. The van der Waals surface area contributed by atoms with Gasteiger partial charge in [0.05, 0.1) is 6.61 Å². The Labute approximate surface area is 111 Å². The third kappa shape index (κ3) is 3.30. The molecule has 0 amide bonds. The highest BCUT2D eigenvalue weighted by molar-refractivity contribution is 5.36.